The second kappa shape index (κ2) is 5.49. The van der Waals surface area contributed by atoms with Crippen molar-refractivity contribution in [2.24, 2.45) is 0 Å². The van der Waals surface area contributed by atoms with Crippen molar-refractivity contribution >= 4 is 11.6 Å². The van der Waals surface area contributed by atoms with Crippen molar-refractivity contribution in [1.29, 1.82) is 0 Å². The molecular formula is C16H19N3O. The molecule has 0 bridgehead atoms. The third-order valence-electron chi connectivity index (χ3n) is 3.79. The topological polar surface area (TPSA) is 57.8 Å². The minimum Gasteiger partial charge on any atom is -0.321 e. The van der Waals surface area contributed by atoms with Crippen LogP contribution >= 0.6 is 0 Å². The highest BCUT2D eigenvalue weighted by Gasteiger charge is 2.12. The summed E-state index contributed by atoms with van der Waals surface area (Å²) in [6, 6.07) is 7.99. The second-order valence-corrected chi connectivity index (χ2v) is 5.43. The van der Waals surface area contributed by atoms with Gasteiger partial charge in [-0.25, -0.2) is 0 Å². The van der Waals surface area contributed by atoms with Crippen LogP contribution in [0.15, 0.2) is 24.3 Å². The van der Waals surface area contributed by atoms with Crippen LogP contribution in [-0.2, 0) is 12.8 Å². The maximum absolute atomic E-state index is 12.1. The van der Waals surface area contributed by atoms with Crippen molar-refractivity contribution in [2.75, 3.05) is 5.32 Å². The van der Waals surface area contributed by atoms with Crippen LogP contribution in [0.1, 0.15) is 46.6 Å². The number of hydrogen-bond acceptors (Lipinski definition) is 2. The van der Waals surface area contributed by atoms with Crippen molar-refractivity contribution in [3.63, 3.8) is 0 Å². The van der Waals surface area contributed by atoms with E-state index in [4.69, 9.17) is 0 Å². The van der Waals surface area contributed by atoms with Gasteiger partial charge < -0.3 is 5.32 Å². The molecule has 1 amide bonds. The van der Waals surface area contributed by atoms with E-state index in [0.717, 1.165) is 24.2 Å². The summed E-state index contributed by atoms with van der Waals surface area (Å²) in [6.07, 6.45) is 6.07. The molecule has 1 heterocycles. The standard InChI is InChI=1S/C16H19N3O/c1-11-9-15(19-18-11)16(20)17-14-8-7-12-5-3-2-4-6-13(12)10-14/h7-10H,2-6H2,1H3,(H,17,20)(H,18,19). The molecule has 1 aliphatic rings. The molecule has 2 aromatic rings. The highest BCUT2D eigenvalue weighted by atomic mass is 16.1. The molecule has 4 heteroatoms. The molecule has 0 saturated carbocycles. The van der Waals surface area contributed by atoms with E-state index < -0.39 is 0 Å². The monoisotopic (exact) mass is 269 g/mol. The Morgan fingerprint density at radius 3 is 2.70 bits per heavy atom. The van der Waals surface area contributed by atoms with Gasteiger partial charge in [0.25, 0.3) is 5.91 Å². The smallest absolute Gasteiger partial charge is 0.276 e. The summed E-state index contributed by atoms with van der Waals surface area (Å²) in [5, 5.41) is 9.68. The Hall–Kier alpha value is -2.10. The minimum absolute atomic E-state index is 0.164. The van der Waals surface area contributed by atoms with Crippen molar-refractivity contribution < 1.29 is 4.79 Å². The number of aromatic nitrogens is 2. The van der Waals surface area contributed by atoms with Gasteiger partial charge in [0, 0.05) is 11.4 Å². The van der Waals surface area contributed by atoms with Gasteiger partial charge in [-0.15, -0.1) is 0 Å². The lowest BCUT2D eigenvalue weighted by Gasteiger charge is -2.09. The van der Waals surface area contributed by atoms with E-state index in [9.17, 15) is 4.79 Å². The molecule has 3 rings (SSSR count). The van der Waals surface area contributed by atoms with E-state index in [1.54, 1.807) is 6.07 Å². The van der Waals surface area contributed by atoms with Crippen LogP contribution in [-0.4, -0.2) is 16.1 Å². The van der Waals surface area contributed by atoms with Crippen LogP contribution in [0.25, 0.3) is 0 Å². The average Bonchev–Trinajstić information content (AvgIpc) is 2.74. The Morgan fingerprint density at radius 1 is 1.15 bits per heavy atom. The number of hydrogen-bond donors (Lipinski definition) is 2. The van der Waals surface area contributed by atoms with Gasteiger partial charge in [0.15, 0.2) is 5.69 Å². The summed E-state index contributed by atoms with van der Waals surface area (Å²) in [5.74, 6) is -0.164. The first-order chi connectivity index (χ1) is 9.72. The molecule has 0 spiro atoms. The maximum atomic E-state index is 12.1. The van der Waals surface area contributed by atoms with Gasteiger partial charge in [-0.3, -0.25) is 9.89 Å². The predicted octanol–water partition coefficient (Wildman–Crippen LogP) is 3.24. The predicted molar refractivity (Wildman–Crippen MR) is 79.0 cm³/mol. The summed E-state index contributed by atoms with van der Waals surface area (Å²) in [7, 11) is 0. The summed E-state index contributed by atoms with van der Waals surface area (Å²) >= 11 is 0. The zero-order valence-corrected chi connectivity index (χ0v) is 11.7. The molecule has 1 aromatic heterocycles. The number of H-pyrrole nitrogens is 1. The van der Waals surface area contributed by atoms with Gasteiger partial charge in [0.1, 0.15) is 0 Å². The Balaban J connectivity index is 1.77. The van der Waals surface area contributed by atoms with Gasteiger partial charge >= 0.3 is 0 Å². The first kappa shape index (κ1) is 12.9. The number of nitrogens with zero attached hydrogens (tertiary/aromatic N) is 1. The molecule has 0 fully saturated rings. The summed E-state index contributed by atoms with van der Waals surface area (Å²) in [6.45, 7) is 1.88. The van der Waals surface area contributed by atoms with Crippen LogP contribution in [0.4, 0.5) is 5.69 Å². The maximum Gasteiger partial charge on any atom is 0.276 e. The Bertz CT molecular complexity index is 630. The lowest BCUT2D eigenvalue weighted by atomic mass is 10.0. The summed E-state index contributed by atoms with van der Waals surface area (Å²) in [5.41, 5.74) is 4.97. The van der Waals surface area contributed by atoms with Crippen molar-refractivity contribution in [2.45, 2.75) is 39.0 Å². The lowest BCUT2D eigenvalue weighted by Crippen LogP contribution is -2.12. The molecule has 0 unspecified atom stereocenters. The number of nitrogens with one attached hydrogen (secondary N) is 2. The highest BCUT2D eigenvalue weighted by Crippen LogP contribution is 2.23. The number of carbonyl (C=O) groups excluding carboxylic acids is 1. The average molecular weight is 269 g/mol. The van der Waals surface area contributed by atoms with Gasteiger partial charge in [0.2, 0.25) is 0 Å². The molecule has 4 nitrogen and oxygen atoms in total. The van der Waals surface area contributed by atoms with E-state index in [1.165, 1.54) is 30.4 Å². The van der Waals surface area contributed by atoms with Gasteiger partial charge in [-0.2, -0.15) is 5.10 Å². The number of amides is 1. The molecular weight excluding hydrogens is 250 g/mol. The Morgan fingerprint density at radius 2 is 1.95 bits per heavy atom. The second-order valence-electron chi connectivity index (χ2n) is 5.43. The highest BCUT2D eigenvalue weighted by molar-refractivity contribution is 6.02. The zero-order valence-electron chi connectivity index (χ0n) is 11.7. The van der Waals surface area contributed by atoms with E-state index >= 15 is 0 Å². The van der Waals surface area contributed by atoms with Crippen molar-refractivity contribution in [3.05, 3.63) is 46.8 Å². The fourth-order valence-electron chi connectivity index (χ4n) is 2.72. The third kappa shape index (κ3) is 2.74. The SMILES string of the molecule is Cc1cc(C(=O)Nc2ccc3c(c2)CCCCC3)n[nH]1. The number of benzene rings is 1. The molecule has 0 radical (unpaired) electrons. The van der Waals surface area contributed by atoms with E-state index in [1.807, 2.05) is 13.0 Å². The summed E-state index contributed by atoms with van der Waals surface area (Å²) < 4.78 is 0. The van der Waals surface area contributed by atoms with Crippen molar-refractivity contribution in [3.8, 4) is 0 Å². The van der Waals surface area contributed by atoms with Crippen LogP contribution in [0.2, 0.25) is 0 Å². The third-order valence-corrected chi connectivity index (χ3v) is 3.79. The molecule has 1 aromatic carbocycles. The molecule has 0 atom stereocenters. The fourth-order valence-corrected chi connectivity index (χ4v) is 2.72. The zero-order chi connectivity index (χ0) is 13.9. The Labute approximate surface area is 118 Å². The van der Waals surface area contributed by atoms with Gasteiger partial charge in [0.05, 0.1) is 0 Å². The number of rotatable bonds is 2. The van der Waals surface area contributed by atoms with E-state index in [2.05, 4.69) is 27.6 Å². The largest absolute Gasteiger partial charge is 0.321 e. The van der Waals surface area contributed by atoms with Gasteiger partial charge in [-0.1, -0.05) is 12.5 Å². The molecule has 104 valence electrons. The molecule has 1 aliphatic carbocycles. The van der Waals surface area contributed by atoms with Gasteiger partial charge in [-0.05, 0) is 61.9 Å². The number of fused-ring (bicyclic) bond motifs is 1. The van der Waals surface area contributed by atoms with Crippen LogP contribution < -0.4 is 5.32 Å². The summed E-state index contributed by atoms with van der Waals surface area (Å²) in [4.78, 5) is 12.1. The number of aryl methyl sites for hydroxylation is 3. The van der Waals surface area contributed by atoms with Crippen LogP contribution in [0, 0.1) is 6.92 Å². The fraction of sp³-hybridized carbons (Fsp3) is 0.375. The number of aromatic amines is 1. The first-order valence-electron chi connectivity index (χ1n) is 7.17. The van der Waals surface area contributed by atoms with E-state index in [0.29, 0.717) is 5.69 Å². The Kier molecular flexibility index (Phi) is 3.54. The van der Waals surface area contributed by atoms with Crippen LogP contribution in [0.3, 0.4) is 0 Å². The quantitative estimate of drug-likeness (QED) is 0.822. The number of anilines is 1. The lowest BCUT2D eigenvalue weighted by molar-refractivity contribution is 0.102. The molecule has 2 N–H and O–H groups in total. The normalized spacial score (nSPS) is 14.4. The molecule has 0 aliphatic heterocycles. The minimum atomic E-state index is -0.164. The molecule has 20 heavy (non-hydrogen) atoms. The van der Waals surface area contributed by atoms with Crippen molar-refractivity contribution in [1.82, 2.24) is 10.2 Å². The van der Waals surface area contributed by atoms with E-state index in [-0.39, 0.29) is 5.91 Å². The van der Waals surface area contributed by atoms with Crippen LogP contribution in [0.5, 0.6) is 0 Å². The first-order valence-corrected chi connectivity index (χ1v) is 7.17. The molecule has 0 saturated heterocycles. The number of carbonyl (C=O) groups is 1.